The van der Waals surface area contributed by atoms with E-state index in [0.717, 1.165) is 6.42 Å². The number of rotatable bonds is 3. The van der Waals surface area contributed by atoms with Crippen molar-refractivity contribution in [1.82, 2.24) is 0 Å². The van der Waals surface area contributed by atoms with Crippen molar-refractivity contribution in [2.75, 3.05) is 7.11 Å². The van der Waals surface area contributed by atoms with Gasteiger partial charge in [-0.2, -0.15) is 0 Å². The average molecular weight is 165 g/mol. The highest BCUT2D eigenvalue weighted by molar-refractivity contribution is 6.30. The van der Waals surface area contributed by atoms with Gasteiger partial charge in [-0.15, -0.1) is 11.6 Å². The van der Waals surface area contributed by atoms with Crippen LogP contribution in [-0.2, 0) is 9.53 Å². The van der Waals surface area contributed by atoms with Gasteiger partial charge in [-0.05, 0) is 5.92 Å². The van der Waals surface area contributed by atoms with Gasteiger partial charge in [-0.3, -0.25) is 4.79 Å². The lowest BCUT2D eigenvalue weighted by atomic mass is 10.1. The van der Waals surface area contributed by atoms with E-state index >= 15 is 0 Å². The third-order valence-electron chi connectivity index (χ3n) is 1.57. The predicted octanol–water partition coefficient (Wildman–Crippen LogP) is 1.81. The molecule has 3 heteroatoms. The number of hydrogen-bond acceptors (Lipinski definition) is 2. The number of carbonyl (C=O) groups excluding carboxylic acids is 1. The molecule has 0 aromatic carbocycles. The van der Waals surface area contributed by atoms with Crippen LogP contribution >= 0.6 is 11.6 Å². The molecule has 60 valence electrons. The molecule has 0 spiro atoms. The normalized spacial score (nSPS) is 16.0. The monoisotopic (exact) mass is 164 g/mol. The van der Waals surface area contributed by atoms with Crippen molar-refractivity contribution in [3.05, 3.63) is 0 Å². The Bertz CT molecular complexity index is 114. The number of esters is 1. The van der Waals surface area contributed by atoms with Crippen LogP contribution in [0.25, 0.3) is 0 Å². The zero-order chi connectivity index (χ0) is 8.15. The number of methoxy groups -OCH3 is 1. The van der Waals surface area contributed by atoms with Gasteiger partial charge in [0.15, 0.2) is 0 Å². The molecule has 0 amide bonds. The Kier molecular flexibility index (Phi) is 4.45. The topological polar surface area (TPSA) is 26.3 Å². The summed E-state index contributed by atoms with van der Waals surface area (Å²) >= 11 is 5.71. The van der Waals surface area contributed by atoms with E-state index in [9.17, 15) is 4.79 Å². The minimum absolute atomic E-state index is 0.189. The minimum Gasteiger partial charge on any atom is -0.468 e. The van der Waals surface area contributed by atoms with E-state index in [1.807, 2.05) is 13.8 Å². The van der Waals surface area contributed by atoms with Crippen LogP contribution in [0.2, 0.25) is 0 Å². The molecule has 0 rings (SSSR count). The first-order valence-corrected chi connectivity index (χ1v) is 3.79. The SMILES string of the molecule is CC[C@H](C)[C@H](Cl)C(=O)OC. The third kappa shape index (κ3) is 2.56. The summed E-state index contributed by atoms with van der Waals surface area (Å²) < 4.78 is 4.46. The first-order chi connectivity index (χ1) is 4.63. The summed E-state index contributed by atoms with van der Waals surface area (Å²) in [6.45, 7) is 3.91. The van der Waals surface area contributed by atoms with Crippen LogP contribution in [0, 0.1) is 5.92 Å². The molecule has 0 aliphatic rings. The first-order valence-electron chi connectivity index (χ1n) is 3.35. The Morgan fingerprint density at radius 2 is 2.20 bits per heavy atom. The van der Waals surface area contributed by atoms with Crippen LogP contribution in [0.15, 0.2) is 0 Å². The number of carbonyl (C=O) groups is 1. The molecule has 10 heavy (non-hydrogen) atoms. The quantitative estimate of drug-likeness (QED) is 0.470. The fourth-order valence-corrected chi connectivity index (χ4v) is 0.819. The van der Waals surface area contributed by atoms with Gasteiger partial charge < -0.3 is 4.74 Å². The molecule has 0 radical (unpaired) electrons. The molecular formula is C7H13ClO2. The summed E-state index contributed by atoms with van der Waals surface area (Å²) in [5.41, 5.74) is 0. The fraction of sp³-hybridized carbons (Fsp3) is 0.857. The maximum Gasteiger partial charge on any atom is 0.324 e. The third-order valence-corrected chi connectivity index (χ3v) is 2.18. The molecule has 2 nitrogen and oxygen atoms in total. The van der Waals surface area contributed by atoms with Gasteiger partial charge in [0.05, 0.1) is 7.11 Å². The Hall–Kier alpha value is -0.240. The van der Waals surface area contributed by atoms with Crippen molar-refractivity contribution in [2.45, 2.75) is 25.6 Å². The number of ether oxygens (including phenoxy) is 1. The summed E-state index contributed by atoms with van der Waals surface area (Å²) in [6, 6.07) is 0. The van der Waals surface area contributed by atoms with Crippen LogP contribution in [0.5, 0.6) is 0 Å². The number of alkyl halides is 1. The molecule has 0 unspecified atom stereocenters. The zero-order valence-electron chi connectivity index (χ0n) is 6.56. The highest BCUT2D eigenvalue weighted by atomic mass is 35.5. The summed E-state index contributed by atoms with van der Waals surface area (Å²) in [6.07, 6.45) is 0.892. The minimum atomic E-state index is -0.491. The standard InChI is InChI=1S/C7H13ClO2/c1-4-5(2)6(8)7(9)10-3/h5-6H,4H2,1-3H3/t5-,6-/m0/s1. The van der Waals surface area contributed by atoms with Crippen LogP contribution in [0.4, 0.5) is 0 Å². The van der Waals surface area contributed by atoms with E-state index in [4.69, 9.17) is 11.6 Å². The number of halogens is 1. The van der Waals surface area contributed by atoms with E-state index in [-0.39, 0.29) is 11.9 Å². The van der Waals surface area contributed by atoms with E-state index in [0.29, 0.717) is 0 Å². The van der Waals surface area contributed by atoms with E-state index < -0.39 is 5.38 Å². The highest BCUT2D eigenvalue weighted by Crippen LogP contribution is 2.14. The Labute approximate surface area is 66.5 Å². The van der Waals surface area contributed by atoms with Crippen molar-refractivity contribution < 1.29 is 9.53 Å². The van der Waals surface area contributed by atoms with E-state index in [1.54, 1.807) is 0 Å². The van der Waals surface area contributed by atoms with Crippen molar-refractivity contribution in [3.63, 3.8) is 0 Å². The summed E-state index contributed by atoms with van der Waals surface area (Å²) in [5, 5.41) is -0.491. The van der Waals surface area contributed by atoms with Crippen molar-refractivity contribution in [1.29, 1.82) is 0 Å². The fourth-order valence-electron chi connectivity index (χ4n) is 0.552. The van der Waals surface area contributed by atoms with Gasteiger partial charge in [0.1, 0.15) is 5.38 Å². The van der Waals surface area contributed by atoms with Crippen molar-refractivity contribution >= 4 is 17.6 Å². The van der Waals surface area contributed by atoms with E-state index in [2.05, 4.69) is 4.74 Å². The van der Waals surface area contributed by atoms with Crippen LogP contribution in [0.3, 0.4) is 0 Å². The van der Waals surface area contributed by atoms with Crippen LogP contribution in [-0.4, -0.2) is 18.5 Å². The second-order valence-corrected chi connectivity index (χ2v) is 2.78. The molecule has 0 bridgehead atoms. The van der Waals surface area contributed by atoms with Crippen LogP contribution in [0.1, 0.15) is 20.3 Å². The molecule has 0 aromatic rings. The van der Waals surface area contributed by atoms with Gasteiger partial charge >= 0.3 is 5.97 Å². The van der Waals surface area contributed by atoms with Crippen molar-refractivity contribution in [2.24, 2.45) is 5.92 Å². The molecule has 2 atom stereocenters. The summed E-state index contributed by atoms with van der Waals surface area (Å²) in [7, 11) is 1.35. The van der Waals surface area contributed by atoms with Gasteiger partial charge in [-0.25, -0.2) is 0 Å². The lowest BCUT2D eigenvalue weighted by molar-refractivity contribution is -0.141. The van der Waals surface area contributed by atoms with E-state index in [1.165, 1.54) is 7.11 Å². The lowest BCUT2D eigenvalue weighted by Crippen LogP contribution is -2.23. The maximum atomic E-state index is 10.8. The average Bonchev–Trinajstić information content (AvgIpc) is 2.00. The second-order valence-electron chi connectivity index (χ2n) is 2.31. The zero-order valence-corrected chi connectivity index (χ0v) is 7.31. The van der Waals surface area contributed by atoms with Gasteiger partial charge in [0, 0.05) is 0 Å². The molecule has 0 aliphatic heterocycles. The molecule has 0 heterocycles. The molecular weight excluding hydrogens is 152 g/mol. The first kappa shape index (κ1) is 9.76. The molecule has 0 aliphatic carbocycles. The lowest BCUT2D eigenvalue weighted by Gasteiger charge is -2.12. The predicted molar refractivity (Wildman–Crippen MR) is 41.1 cm³/mol. The smallest absolute Gasteiger partial charge is 0.324 e. The molecule has 0 saturated heterocycles. The Morgan fingerprint density at radius 1 is 1.70 bits per heavy atom. The largest absolute Gasteiger partial charge is 0.468 e. The van der Waals surface area contributed by atoms with Gasteiger partial charge in [0.25, 0.3) is 0 Å². The molecule has 0 N–H and O–H groups in total. The van der Waals surface area contributed by atoms with Gasteiger partial charge in [0.2, 0.25) is 0 Å². The maximum absolute atomic E-state index is 10.8. The Morgan fingerprint density at radius 3 is 2.50 bits per heavy atom. The highest BCUT2D eigenvalue weighted by Gasteiger charge is 2.21. The number of hydrogen-bond donors (Lipinski definition) is 0. The molecule has 0 fully saturated rings. The van der Waals surface area contributed by atoms with Gasteiger partial charge in [-0.1, -0.05) is 20.3 Å². The second kappa shape index (κ2) is 4.56. The molecule has 0 saturated carbocycles. The molecule has 0 aromatic heterocycles. The van der Waals surface area contributed by atoms with Crippen molar-refractivity contribution in [3.8, 4) is 0 Å². The Balaban J connectivity index is 3.81. The summed E-state index contributed by atoms with van der Waals surface area (Å²) in [5.74, 6) is -0.148. The van der Waals surface area contributed by atoms with Crippen LogP contribution < -0.4 is 0 Å². The summed E-state index contributed by atoms with van der Waals surface area (Å²) in [4.78, 5) is 10.8.